The van der Waals surface area contributed by atoms with E-state index in [-0.39, 0.29) is 17.7 Å². The van der Waals surface area contributed by atoms with Crippen LogP contribution in [-0.2, 0) is 10.5 Å². The van der Waals surface area contributed by atoms with Crippen LogP contribution in [0.25, 0.3) is 0 Å². The average Bonchev–Trinajstić information content (AvgIpc) is 3.06. The minimum Gasteiger partial charge on any atom is -0.508 e. The largest absolute Gasteiger partial charge is 0.508 e. The summed E-state index contributed by atoms with van der Waals surface area (Å²) in [5, 5.41) is 9.41. The van der Waals surface area contributed by atoms with Crippen molar-refractivity contribution in [3.63, 3.8) is 0 Å². The molecule has 0 aliphatic carbocycles. The molecule has 3 rings (SSSR count). The van der Waals surface area contributed by atoms with Crippen LogP contribution >= 0.6 is 11.8 Å². The van der Waals surface area contributed by atoms with Crippen molar-refractivity contribution in [2.24, 2.45) is 0 Å². The molecule has 0 bridgehead atoms. The van der Waals surface area contributed by atoms with Crippen LogP contribution in [0.3, 0.4) is 0 Å². The molecule has 23 heavy (non-hydrogen) atoms. The molecule has 1 aliphatic rings. The Morgan fingerprint density at radius 3 is 2.70 bits per heavy atom. The maximum absolute atomic E-state index is 12.5. The Labute approximate surface area is 140 Å². The standard InChI is InChI=1S/C18H20N2O2S/c21-16-5-3-15(4-6-16)17-2-1-11-20(17)18(22)13-23-12-14-7-9-19-10-8-14/h3-10,17,21H,1-2,11-13H2/t17-/m0/s1. The van der Waals surface area contributed by atoms with E-state index in [1.54, 1.807) is 36.3 Å². The number of nitrogens with zero attached hydrogens (tertiary/aromatic N) is 2. The summed E-state index contributed by atoms with van der Waals surface area (Å²) >= 11 is 1.64. The second kappa shape index (κ2) is 7.51. The van der Waals surface area contributed by atoms with E-state index in [0.717, 1.165) is 30.7 Å². The Morgan fingerprint density at radius 1 is 1.22 bits per heavy atom. The molecular weight excluding hydrogens is 308 g/mol. The zero-order valence-corrected chi connectivity index (χ0v) is 13.7. The van der Waals surface area contributed by atoms with Crippen LogP contribution in [0.1, 0.15) is 30.0 Å². The number of thioether (sulfide) groups is 1. The molecule has 5 heteroatoms. The highest BCUT2D eigenvalue weighted by molar-refractivity contribution is 7.99. The van der Waals surface area contributed by atoms with Gasteiger partial charge in [-0.25, -0.2) is 0 Å². The first kappa shape index (κ1) is 15.9. The second-order valence-electron chi connectivity index (χ2n) is 5.68. The minimum absolute atomic E-state index is 0.143. The predicted octanol–water partition coefficient (Wildman–Crippen LogP) is 3.38. The fraction of sp³-hybridized carbons (Fsp3) is 0.333. The molecule has 1 fully saturated rings. The predicted molar refractivity (Wildman–Crippen MR) is 92.2 cm³/mol. The Bertz CT molecular complexity index is 646. The van der Waals surface area contributed by atoms with Crippen LogP contribution in [0.2, 0.25) is 0 Å². The molecule has 120 valence electrons. The first-order chi connectivity index (χ1) is 11.2. The van der Waals surface area contributed by atoms with Gasteiger partial charge in [-0.05, 0) is 48.2 Å². The van der Waals surface area contributed by atoms with Gasteiger partial charge in [0.15, 0.2) is 0 Å². The molecule has 1 amide bonds. The molecule has 2 aromatic rings. The lowest BCUT2D eigenvalue weighted by Crippen LogP contribution is -2.32. The van der Waals surface area contributed by atoms with E-state index in [1.165, 1.54) is 5.56 Å². The van der Waals surface area contributed by atoms with Crippen molar-refractivity contribution in [2.75, 3.05) is 12.3 Å². The summed E-state index contributed by atoms with van der Waals surface area (Å²) in [6, 6.07) is 11.3. The molecule has 1 aromatic heterocycles. The van der Waals surface area contributed by atoms with E-state index in [1.807, 2.05) is 29.2 Å². The van der Waals surface area contributed by atoms with E-state index < -0.39 is 0 Å². The van der Waals surface area contributed by atoms with Gasteiger partial charge in [0, 0.05) is 24.7 Å². The van der Waals surface area contributed by atoms with E-state index in [9.17, 15) is 9.90 Å². The molecule has 1 atom stereocenters. The summed E-state index contributed by atoms with van der Waals surface area (Å²) in [5.74, 6) is 1.78. The number of carbonyl (C=O) groups is 1. The van der Waals surface area contributed by atoms with Gasteiger partial charge in [0.1, 0.15) is 5.75 Å². The molecule has 1 N–H and O–H groups in total. The van der Waals surface area contributed by atoms with Gasteiger partial charge in [0.05, 0.1) is 11.8 Å². The van der Waals surface area contributed by atoms with Crippen LogP contribution in [0.4, 0.5) is 0 Å². The molecular formula is C18H20N2O2S. The van der Waals surface area contributed by atoms with E-state index in [2.05, 4.69) is 4.98 Å². The van der Waals surface area contributed by atoms with Gasteiger partial charge in [-0.2, -0.15) is 0 Å². The third-order valence-electron chi connectivity index (χ3n) is 4.09. The molecule has 4 nitrogen and oxygen atoms in total. The summed E-state index contributed by atoms with van der Waals surface area (Å²) in [5.41, 5.74) is 2.29. The van der Waals surface area contributed by atoms with Crippen LogP contribution in [0, 0.1) is 0 Å². The number of carbonyl (C=O) groups excluding carboxylic acids is 1. The fourth-order valence-corrected chi connectivity index (χ4v) is 3.80. The highest BCUT2D eigenvalue weighted by Crippen LogP contribution is 2.33. The molecule has 0 saturated carbocycles. The van der Waals surface area contributed by atoms with Crippen molar-refractivity contribution in [1.29, 1.82) is 0 Å². The van der Waals surface area contributed by atoms with Crippen molar-refractivity contribution < 1.29 is 9.90 Å². The zero-order valence-electron chi connectivity index (χ0n) is 12.9. The molecule has 1 aromatic carbocycles. The summed E-state index contributed by atoms with van der Waals surface area (Å²) < 4.78 is 0. The third-order valence-corrected chi connectivity index (χ3v) is 5.08. The smallest absolute Gasteiger partial charge is 0.233 e. The summed E-state index contributed by atoms with van der Waals surface area (Å²) in [4.78, 5) is 18.5. The average molecular weight is 328 g/mol. The number of hydrogen-bond donors (Lipinski definition) is 1. The second-order valence-corrected chi connectivity index (χ2v) is 6.67. The molecule has 0 spiro atoms. The van der Waals surface area contributed by atoms with Crippen molar-refractivity contribution in [1.82, 2.24) is 9.88 Å². The van der Waals surface area contributed by atoms with E-state index in [0.29, 0.717) is 5.75 Å². The Balaban J connectivity index is 1.56. The van der Waals surface area contributed by atoms with Crippen LogP contribution in [0.5, 0.6) is 5.75 Å². The minimum atomic E-state index is 0.143. The Kier molecular flexibility index (Phi) is 5.18. The topological polar surface area (TPSA) is 53.4 Å². The summed E-state index contributed by atoms with van der Waals surface area (Å²) in [7, 11) is 0. The maximum atomic E-state index is 12.5. The van der Waals surface area contributed by atoms with Crippen molar-refractivity contribution in [3.8, 4) is 5.75 Å². The number of aromatic nitrogens is 1. The van der Waals surface area contributed by atoms with Crippen molar-refractivity contribution >= 4 is 17.7 Å². The number of likely N-dealkylation sites (tertiary alicyclic amines) is 1. The number of amides is 1. The van der Waals surface area contributed by atoms with Gasteiger partial charge in [0.2, 0.25) is 5.91 Å². The quantitative estimate of drug-likeness (QED) is 0.914. The van der Waals surface area contributed by atoms with Gasteiger partial charge in [-0.1, -0.05) is 12.1 Å². The Hall–Kier alpha value is -2.01. The first-order valence-electron chi connectivity index (χ1n) is 7.79. The lowest BCUT2D eigenvalue weighted by Gasteiger charge is -2.25. The number of phenols is 1. The SMILES string of the molecule is O=C(CSCc1ccncc1)N1CCC[C@H]1c1ccc(O)cc1. The highest BCUT2D eigenvalue weighted by atomic mass is 32.2. The van der Waals surface area contributed by atoms with Gasteiger partial charge in [0.25, 0.3) is 0 Å². The van der Waals surface area contributed by atoms with Gasteiger partial charge < -0.3 is 10.0 Å². The number of benzene rings is 1. The van der Waals surface area contributed by atoms with Crippen LogP contribution in [0.15, 0.2) is 48.8 Å². The lowest BCUT2D eigenvalue weighted by atomic mass is 10.0. The third kappa shape index (κ3) is 4.05. The molecule has 2 heterocycles. The summed E-state index contributed by atoms with van der Waals surface area (Å²) in [6.45, 7) is 0.820. The fourth-order valence-electron chi connectivity index (χ4n) is 2.93. The van der Waals surface area contributed by atoms with Crippen molar-refractivity contribution in [2.45, 2.75) is 24.6 Å². The number of rotatable bonds is 5. The van der Waals surface area contributed by atoms with Gasteiger partial charge >= 0.3 is 0 Å². The maximum Gasteiger partial charge on any atom is 0.233 e. The molecule has 1 saturated heterocycles. The molecule has 1 aliphatic heterocycles. The van der Waals surface area contributed by atoms with Crippen LogP contribution in [-0.4, -0.2) is 33.2 Å². The number of pyridine rings is 1. The molecule has 0 radical (unpaired) electrons. The Morgan fingerprint density at radius 2 is 1.96 bits per heavy atom. The zero-order chi connectivity index (χ0) is 16.1. The van der Waals surface area contributed by atoms with Gasteiger partial charge in [-0.15, -0.1) is 11.8 Å². The lowest BCUT2D eigenvalue weighted by molar-refractivity contribution is -0.129. The van der Waals surface area contributed by atoms with Crippen molar-refractivity contribution in [3.05, 3.63) is 59.9 Å². The van der Waals surface area contributed by atoms with E-state index >= 15 is 0 Å². The first-order valence-corrected chi connectivity index (χ1v) is 8.94. The van der Waals surface area contributed by atoms with E-state index in [4.69, 9.17) is 0 Å². The molecule has 0 unspecified atom stereocenters. The number of aromatic hydroxyl groups is 1. The summed E-state index contributed by atoms with van der Waals surface area (Å²) in [6.07, 6.45) is 5.58. The highest BCUT2D eigenvalue weighted by Gasteiger charge is 2.29. The van der Waals surface area contributed by atoms with Gasteiger partial charge in [-0.3, -0.25) is 9.78 Å². The van der Waals surface area contributed by atoms with Crippen LogP contribution < -0.4 is 0 Å². The normalized spacial score (nSPS) is 17.4. The number of hydrogen-bond acceptors (Lipinski definition) is 4. The number of phenolic OH excluding ortho intramolecular Hbond substituents is 1. The monoisotopic (exact) mass is 328 g/mol.